The zero-order chi connectivity index (χ0) is 21.6. The molecule has 1 spiro atoms. The van der Waals surface area contributed by atoms with Crippen LogP contribution in [0.1, 0.15) is 66.2 Å². The number of methoxy groups -OCH3 is 1. The second kappa shape index (κ2) is 6.20. The van der Waals surface area contributed by atoms with Crippen LogP contribution in [0.2, 0.25) is 0 Å². The summed E-state index contributed by atoms with van der Waals surface area (Å²) in [6.07, 6.45) is 7.99. The van der Waals surface area contributed by atoms with E-state index in [9.17, 15) is 14.4 Å². The van der Waals surface area contributed by atoms with Gasteiger partial charge in [-0.2, -0.15) is 0 Å². The Hall–Kier alpha value is -1.65. The molecule has 4 fully saturated rings. The lowest BCUT2D eigenvalue weighted by molar-refractivity contribution is -0.196. The van der Waals surface area contributed by atoms with Crippen molar-refractivity contribution in [1.82, 2.24) is 0 Å². The molecule has 1 aliphatic heterocycles. The highest BCUT2D eigenvalue weighted by atomic mass is 16.6. The lowest BCUT2D eigenvalue weighted by Gasteiger charge is -2.68. The monoisotopic (exact) mass is 414 g/mol. The van der Waals surface area contributed by atoms with Crippen molar-refractivity contribution >= 4 is 17.9 Å². The highest BCUT2D eigenvalue weighted by Crippen LogP contribution is 2.74. The third-order valence-corrected chi connectivity index (χ3v) is 10.1. The summed E-state index contributed by atoms with van der Waals surface area (Å²) in [5, 5.41) is 0. The van der Waals surface area contributed by atoms with Crippen LogP contribution in [-0.2, 0) is 23.9 Å². The summed E-state index contributed by atoms with van der Waals surface area (Å²) in [6, 6.07) is 0. The molecule has 3 saturated carbocycles. The van der Waals surface area contributed by atoms with E-state index in [0.717, 1.165) is 38.5 Å². The van der Waals surface area contributed by atoms with Gasteiger partial charge in [0.15, 0.2) is 0 Å². The fourth-order valence-corrected chi connectivity index (χ4v) is 8.98. The lowest BCUT2D eigenvalue weighted by atomic mass is 9.34. The molecule has 5 heteroatoms. The van der Waals surface area contributed by atoms with Gasteiger partial charge in [0.2, 0.25) is 0 Å². The summed E-state index contributed by atoms with van der Waals surface area (Å²) in [5.74, 6) is -0.405. The maximum Gasteiger partial charge on any atom is 0.318 e. The number of hydrogen-bond acceptors (Lipinski definition) is 5. The number of carbonyl (C=O) groups is 3. The van der Waals surface area contributed by atoms with Crippen LogP contribution in [0.15, 0.2) is 11.6 Å². The second-order valence-corrected chi connectivity index (χ2v) is 11.4. The van der Waals surface area contributed by atoms with E-state index in [2.05, 4.69) is 33.8 Å². The number of rotatable bonds is 2. The number of allylic oxidation sites excluding steroid dienone is 2. The van der Waals surface area contributed by atoms with Gasteiger partial charge in [0, 0.05) is 5.41 Å². The minimum atomic E-state index is -0.476. The van der Waals surface area contributed by atoms with Crippen molar-refractivity contribution in [2.75, 3.05) is 7.11 Å². The van der Waals surface area contributed by atoms with Gasteiger partial charge in [0.05, 0.1) is 24.4 Å². The molecule has 0 aromatic heterocycles. The zero-order valence-corrected chi connectivity index (χ0v) is 18.8. The van der Waals surface area contributed by atoms with Gasteiger partial charge >= 0.3 is 17.9 Å². The molecule has 0 aromatic rings. The molecule has 1 saturated heterocycles. The SMILES string of the molecule is COC(=O)[C@]1(C)CCC[C@]2(C)[C@H]3C[C@H]4C(C(C)C)=C[C@]3(CC[C@H]21)[C@@H]1C(=O)OC(=O)[C@@H]14. The van der Waals surface area contributed by atoms with Crippen molar-refractivity contribution in [3.8, 4) is 0 Å². The molecule has 2 bridgehead atoms. The summed E-state index contributed by atoms with van der Waals surface area (Å²) in [7, 11) is 1.49. The molecule has 6 rings (SSSR count). The number of ether oxygens (including phenoxy) is 2. The Morgan fingerprint density at radius 3 is 2.53 bits per heavy atom. The first-order valence-corrected chi connectivity index (χ1v) is 11.7. The molecule has 0 amide bonds. The molecule has 0 N–H and O–H groups in total. The van der Waals surface area contributed by atoms with E-state index in [-0.39, 0.29) is 52.4 Å². The number of carbonyl (C=O) groups excluding carboxylic acids is 3. The van der Waals surface area contributed by atoms with Gasteiger partial charge in [-0.1, -0.05) is 38.8 Å². The minimum Gasteiger partial charge on any atom is -0.469 e. The number of hydrogen-bond donors (Lipinski definition) is 0. The summed E-state index contributed by atoms with van der Waals surface area (Å²) in [4.78, 5) is 38.5. The van der Waals surface area contributed by atoms with Gasteiger partial charge < -0.3 is 9.47 Å². The van der Waals surface area contributed by atoms with E-state index in [1.165, 1.54) is 12.7 Å². The summed E-state index contributed by atoms with van der Waals surface area (Å²) in [6.45, 7) is 8.82. The third kappa shape index (κ3) is 2.22. The van der Waals surface area contributed by atoms with Gasteiger partial charge in [-0.05, 0) is 68.1 Å². The standard InChI is InChI=1S/C25H34O5/c1-13(2)15-12-25-10-7-16-23(3,8-6-9-24(16,4)22(28)29-5)17(25)11-14(15)18-19(25)21(27)30-20(18)26/h12-14,16-19H,6-11H2,1-5H3/t14-,16+,17+,18+,19-,23-,24+,25-/m0/s1. The van der Waals surface area contributed by atoms with Crippen LogP contribution < -0.4 is 0 Å². The predicted octanol–water partition coefficient (Wildman–Crippen LogP) is 4.30. The Kier molecular flexibility index (Phi) is 4.19. The Labute approximate surface area is 178 Å². The van der Waals surface area contributed by atoms with Crippen LogP contribution >= 0.6 is 0 Å². The van der Waals surface area contributed by atoms with Gasteiger partial charge in [-0.3, -0.25) is 14.4 Å². The van der Waals surface area contributed by atoms with Gasteiger partial charge in [0.1, 0.15) is 0 Å². The Morgan fingerprint density at radius 2 is 1.87 bits per heavy atom. The number of cyclic esters (lactones) is 2. The van der Waals surface area contributed by atoms with Crippen LogP contribution in [0.25, 0.3) is 0 Å². The first kappa shape index (κ1) is 20.3. The molecule has 0 unspecified atom stereocenters. The molecule has 1 heterocycles. The van der Waals surface area contributed by atoms with Crippen LogP contribution in [0.4, 0.5) is 0 Å². The quantitative estimate of drug-likeness (QED) is 0.383. The number of esters is 3. The molecule has 164 valence electrons. The van der Waals surface area contributed by atoms with Crippen LogP contribution in [0.5, 0.6) is 0 Å². The third-order valence-electron chi connectivity index (χ3n) is 10.1. The first-order valence-electron chi connectivity index (χ1n) is 11.7. The molecular weight excluding hydrogens is 380 g/mol. The number of fused-ring (bicyclic) bond motifs is 1. The smallest absolute Gasteiger partial charge is 0.318 e. The summed E-state index contributed by atoms with van der Waals surface area (Å²) in [5.41, 5.74) is 0.499. The highest BCUT2D eigenvalue weighted by Gasteiger charge is 2.73. The van der Waals surface area contributed by atoms with E-state index in [1.807, 2.05) is 0 Å². The van der Waals surface area contributed by atoms with Crippen molar-refractivity contribution in [1.29, 1.82) is 0 Å². The lowest BCUT2D eigenvalue weighted by Crippen LogP contribution is -2.65. The molecule has 6 aliphatic rings. The highest BCUT2D eigenvalue weighted by molar-refractivity contribution is 5.98. The minimum absolute atomic E-state index is 0.0480. The molecule has 0 radical (unpaired) electrons. The average molecular weight is 415 g/mol. The second-order valence-electron chi connectivity index (χ2n) is 11.4. The van der Waals surface area contributed by atoms with Crippen molar-refractivity contribution in [3.05, 3.63) is 11.6 Å². The molecule has 0 aromatic carbocycles. The normalized spacial score (nSPS) is 49.1. The van der Waals surface area contributed by atoms with E-state index < -0.39 is 5.41 Å². The molecule has 5 nitrogen and oxygen atoms in total. The fourth-order valence-electron chi connectivity index (χ4n) is 8.98. The van der Waals surface area contributed by atoms with Crippen molar-refractivity contribution < 1.29 is 23.9 Å². The first-order chi connectivity index (χ1) is 14.1. The average Bonchev–Trinajstić information content (AvgIpc) is 3.02. The van der Waals surface area contributed by atoms with E-state index >= 15 is 0 Å². The van der Waals surface area contributed by atoms with Crippen LogP contribution in [0, 0.1) is 51.8 Å². The molecule has 30 heavy (non-hydrogen) atoms. The van der Waals surface area contributed by atoms with Gasteiger partial charge in [-0.15, -0.1) is 0 Å². The Balaban J connectivity index is 1.65. The Bertz CT molecular complexity index is 858. The van der Waals surface area contributed by atoms with Crippen LogP contribution in [0.3, 0.4) is 0 Å². The van der Waals surface area contributed by atoms with Crippen LogP contribution in [-0.4, -0.2) is 25.0 Å². The topological polar surface area (TPSA) is 69.7 Å². The maximum atomic E-state index is 12.9. The van der Waals surface area contributed by atoms with E-state index in [0.29, 0.717) is 11.8 Å². The van der Waals surface area contributed by atoms with Gasteiger partial charge in [-0.25, -0.2) is 0 Å². The Morgan fingerprint density at radius 1 is 1.13 bits per heavy atom. The van der Waals surface area contributed by atoms with E-state index in [4.69, 9.17) is 9.47 Å². The largest absolute Gasteiger partial charge is 0.469 e. The molecule has 5 aliphatic carbocycles. The molecular formula is C25H34O5. The zero-order valence-electron chi connectivity index (χ0n) is 18.8. The van der Waals surface area contributed by atoms with Gasteiger partial charge in [0.25, 0.3) is 0 Å². The van der Waals surface area contributed by atoms with Crippen molar-refractivity contribution in [3.63, 3.8) is 0 Å². The van der Waals surface area contributed by atoms with Crippen molar-refractivity contribution in [2.45, 2.75) is 66.2 Å². The summed E-state index contributed by atoms with van der Waals surface area (Å²) >= 11 is 0. The fraction of sp³-hybridized carbons (Fsp3) is 0.800. The predicted molar refractivity (Wildman–Crippen MR) is 110 cm³/mol. The maximum absolute atomic E-state index is 12.9. The van der Waals surface area contributed by atoms with E-state index in [1.54, 1.807) is 0 Å². The molecule has 8 atom stereocenters. The summed E-state index contributed by atoms with van der Waals surface area (Å²) < 4.78 is 10.5. The van der Waals surface area contributed by atoms with Crippen molar-refractivity contribution in [2.24, 2.45) is 51.8 Å².